The van der Waals surface area contributed by atoms with Crippen LogP contribution in [0.4, 0.5) is 5.69 Å². The molecule has 0 N–H and O–H groups in total. The number of Topliss-reactive ketones (excluding diaryl/α,β-unsaturated/α-hetero) is 1. The minimum Gasteiger partial charge on any atom is -0.476 e. The summed E-state index contributed by atoms with van der Waals surface area (Å²) in [6, 6.07) is 12.4. The van der Waals surface area contributed by atoms with Gasteiger partial charge in [-0.3, -0.25) is 14.4 Å². The Morgan fingerprint density at radius 2 is 1.89 bits per heavy atom. The molecule has 190 valence electrons. The van der Waals surface area contributed by atoms with Crippen LogP contribution in [-0.2, 0) is 37.0 Å². The lowest BCUT2D eigenvalue weighted by atomic mass is 9.95. The zero-order valence-electron chi connectivity index (χ0n) is 19.1. The summed E-state index contributed by atoms with van der Waals surface area (Å²) in [4.78, 5) is 44.0. The molecular formula is C25H18Cl2N2O6S2. The van der Waals surface area contributed by atoms with Crippen LogP contribution in [0.2, 0.25) is 9.36 Å². The normalized spacial score (nSPS) is 15.4. The van der Waals surface area contributed by atoms with Gasteiger partial charge in [0.1, 0.15) is 16.6 Å². The van der Waals surface area contributed by atoms with Crippen molar-refractivity contribution >= 4 is 73.6 Å². The van der Waals surface area contributed by atoms with Crippen molar-refractivity contribution in [3.05, 3.63) is 80.1 Å². The van der Waals surface area contributed by atoms with Crippen LogP contribution in [0, 0.1) is 0 Å². The molecule has 37 heavy (non-hydrogen) atoms. The highest BCUT2D eigenvalue weighted by molar-refractivity contribution is 7.94. The fraction of sp³-hybridized carbons (Fsp3) is 0.200. The number of benzene rings is 2. The lowest BCUT2D eigenvalue weighted by molar-refractivity contribution is -0.118. The molecule has 3 heterocycles. The first-order valence-electron chi connectivity index (χ1n) is 11.1. The molecule has 1 aromatic heterocycles. The Hall–Kier alpha value is -3.05. The number of amides is 2. The molecule has 12 heteroatoms. The fourth-order valence-electron chi connectivity index (χ4n) is 4.18. The lowest BCUT2D eigenvalue weighted by Gasteiger charge is -2.28. The summed E-state index contributed by atoms with van der Waals surface area (Å²) in [6.45, 7) is 1.06. The van der Waals surface area contributed by atoms with Crippen LogP contribution in [0.25, 0.3) is 0 Å². The third-order valence-corrected chi connectivity index (χ3v) is 9.61. The number of imide groups is 1. The third kappa shape index (κ3) is 5.19. The van der Waals surface area contributed by atoms with Crippen molar-refractivity contribution in [3.8, 4) is 0 Å². The number of rotatable bonds is 7. The Morgan fingerprint density at radius 1 is 1.08 bits per heavy atom. The summed E-state index contributed by atoms with van der Waals surface area (Å²) in [5, 5.41) is 0.0914. The second-order valence-electron chi connectivity index (χ2n) is 8.44. The average Bonchev–Trinajstić information content (AvgIpc) is 3.52. The zero-order valence-corrected chi connectivity index (χ0v) is 22.2. The maximum Gasteiger partial charge on any atom is 0.265 e. The molecule has 0 fully saturated rings. The zero-order chi connectivity index (χ0) is 26.3. The molecule has 0 spiro atoms. The number of hydrogen-bond acceptors (Lipinski definition) is 8. The van der Waals surface area contributed by atoms with E-state index in [0.717, 1.165) is 16.2 Å². The molecule has 0 saturated heterocycles. The van der Waals surface area contributed by atoms with E-state index in [4.69, 9.17) is 27.9 Å². The number of thiophene rings is 1. The van der Waals surface area contributed by atoms with Crippen molar-refractivity contribution in [1.82, 2.24) is 0 Å². The number of halogens is 2. The first-order chi connectivity index (χ1) is 17.6. The Morgan fingerprint density at radius 3 is 2.57 bits per heavy atom. The number of carbonyl (C=O) groups excluding carboxylic acids is 3. The molecule has 0 atom stereocenters. The van der Waals surface area contributed by atoms with Gasteiger partial charge < -0.3 is 4.74 Å². The second-order valence-corrected chi connectivity index (χ2v) is 12.8. The highest BCUT2D eigenvalue weighted by Gasteiger charge is 2.34. The van der Waals surface area contributed by atoms with Gasteiger partial charge >= 0.3 is 0 Å². The monoisotopic (exact) mass is 576 g/mol. The molecule has 0 aliphatic carbocycles. The number of fused-ring (bicyclic) bond motifs is 1. The summed E-state index contributed by atoms with van der Waals surface area (Å²) in [5.74, 6) is -1.68. The Kier molecular flexibility index (Phi) is 6.93. The number of nitrogens with zero attached hydrogens (tertiary/aromatic N) is 2. The maximum atomic E-state index is 13.2. The number of ketones is 1. The van der Waals surface area contributed by atoms with Gasteiger partial charge in [-0.2, -0.15) is 0 Å². The van der Waals surface area contributed by atoms with E-state index in [1.54, 1.807) is 24.3 Å². The van der Waals surface area contributed by atoms with E-state index in [2.05, 4.69) is 4.99 Å². The van der Waals surface area contributed by atoms with E-state index in [1.807, 2.05) is 0 Å². The van der Waals surface area contributed by atoms with Crippen molar-refractivity contribution in [2.45, 2.75) is 17.1 Å². The van der Waals surface area contributed by atoms with Crippen LogP contribution < -0.4 is 4.90 Å². The van der Waals surface area contributed by atoms with Crippen molar-refractivity contribution in [1.29, 1.82) is 0 Å². The summed E-state index contributed by atoms with van der Waals surface area (Å²) in [5.41, 5.74) is 2.30. The van der Waals surface area contributed by atoms with Crippen LogP contribution in [0.1, 0.15) is 27.0 Å². The summed E-state index contributed by atoms with van der Waals surface area (Å²) in [7, 11) is -3.81. The molecule has 2 aliphatic heterocycles. The van der Waals surface area contributed by atoms with E-state index >= 15 is 0 Å². The largest absolute Gasteiger partial charge is 0.476 e. The SMILES string of the molecule is O=C(Cc1ccc(N2C(=O)Cc3cc(C4=NCCO4)ccc3C2=O)c(Cl)c1)CS(=O)(=O)c1ccc(Cl)s1. The van der Waals surface area contributed by atoms with Gasteiger partial charge in [0, 0.05) is 17.5 Å². The molecule has 2 aromatic carbocycles. The van der Waals surface area contributed by atoms with E-state index in [1.165, 1.54) is 24.3 Å². The predicted octanol–water partition coefficient (Wildman–Crippen LogP) is 4.15. The van der Waals surface area contributed by atoms with E-state index in [0.29, 0.717) is 45.6 Å². The van der Waals surface area contributed by atoms with E-state index in [9.17, 15) is 22.8 Å². The fourth-order valence-corrected chi connectivity index (χ4v) is 7.28. The number of sulfone groups is 1. The lowest BCUT2D eigenvalue weighted by Crippen LogP contribution is -2.42. The maximum absolute atomic E-state index is 13.2. The van der Waals surface area contributed by atoms with E-state index < -0.39 is 33.2 Å². The van der Waals surface area contributed by atoms with Crippen molar-refractivity contribution in [2.24, 2.45) is 4.99 Å². The molecule has 0 radical (unpaired) electrons. The minimum atomic E-state index is -3.81. The predicted molar refractivity (Wildman–Crippen MR) is 141 cm³/mol. The Bertz CT molecular complexity index is 1600. The number of aliphatic imine (C=N–C) groups is 1. The second kappa shape index (κ2) is 10.0. The summed E-state index contributed by atoms with van der Waals surface area (Å²) in [6.07, 6.45) is -0.193. The number of carbonyl (C=O) groups is 3. The standard InChI is InChI=1S/C25H18Cl2N2O6S2/c26-19-10-14(9-17(30)13-37(33,34)23-6-5-21(27)36-23)1-4-20(19)29-22(31)12-16-11-15(24-28-7-8-35-24)2-3-18(16)25(29)32/h1-6,10-11H,7-9,12-13H2. The number of hydrogen-bond donors (Lipinski definition) is 0. The molecule has 3 aromatic rings. The first kappa shape index (κ1) is 25.6. The van der Waals surface area contributed by atoms with Gasteiger partial charge in [0.05, 0.1) is 28.0 Å². The van der Waals surface area contributed by atoms with Crippen LogP contribution in [0.3, 0.4) is 0 Å². The Balaban J connectivity index is 1.33. The van der Waals surface area contributed by atoms with Gasteiger partial charge in [-0.25, -0.2) is 18.3 Å². The molecule has 0 unspecified atom stereocenters. The smallest absolute Gasteiger partial charge is 0.265 e. The topological polar surface area (TPSA) is 110 Å². The third-order valence-electron chi connectivity index (χ3n) is 5.82. The molecule has 2 amide bonds. The highest BCUT2D eigenvalue weighted by Crippen LogP contribution is 2.33. The molecule has 0 saturated carbocycles. The molecular weight excluding hydrogens is 559 g/mol. The molecule has 5 rings (SSSR count). The van der Waals surface area contributed by atoms with Crippen molar-refractivity contribution < 1.29 is 27.5 Å². The van der Waals surface area contributed by atoms with Gasteiger partial charge in [-0.05, 0) is 53.6 Å². The van der Waals surface area contributed by atoms with Gasteiger partial charge in [0.2, 0.25) is 11.8 Å². The van der Waals surface area contributed by atoms with E-state index in [-0.39, 0.29) is 27.8 Å². The van der Waals surface area contributed by atoms with Crippen LogP contribution >= 0.6 is 34.5 Å². The van der Waals surface area contributed by atoms with Crippen molar-refractivity contribution in [3.63, 3.8) is 0 Å². The molecule has 0 bridgehead atoms. The van der Waals surface area contributed by atoms with Crippen LogP contribution in [0.15, 0.2) is 57.7 Å². The van der Waals surface area contributed by atoms with Gasteiger partial charge in [0.25, 0.3) is 5.91 Å². The van der Waals surface area contributed by atoms with Gasteiger partial charge in [-0.1, -0.05) is 29.3 Å². The van der Waals surface area contributed by atoms with Crippen LogP contribution in [0.5, 0.6) is 0 Å². The van der Waals surface area contributed by atoms with Gasteiger partial charge in [-0.15, -0.1) is 11.3 Å². The van der Waals surface area contributed by atoms with Crippen LogP contribution in [-0.4, -0.2) is 50.8 Å². The van der Waals surface area contributed by atoms with Crippen molar-refractivity contribution in [2.75, 3.05) is 23.8 Å². The first-order valence-corrected chi connectivity index (χ1v) is 14.3. The minimum absolute atomic E-state index is 0.0106. The average molecular weight is 577 g/mol. The number of ether oxygens (including phenoxy) is 1. The summed E-state index contributed by atoms with van der Waals surface area (Å²) >= 11 is 13.1. The molecule has 2 aliphatic rings. The Labute approximate surface area is 226 Å². The quantitative estimate of drug-likeness (QED) is 0.391. The highest BCUT2D eigenvalue weighted by atomic mass is 35.5. The van der Waals surface area contributed by atoms with Gasteiger partial charge in [0.15, 0.2) is 15.6 Å². The molecule has 8 nitrogen and oxygen atoms in total. The number of anilines is 1. The summed E-state index contributed by atoms with van der Waals surface area (Å²) < 4.78 is 30.7.